The Kier molecular flexibility index (Phi) is 9.83. The van der Waals surface area contributed by atoms with Crippen molar-refractivity contribution in [3.8, 4) is 17.8 Å². The van der Waals surface area contributed by atoms with Crippen LogP contribution >= 0.6 is 0 Å². The molecular formula is C31H38FN5O5. The van der Waals surface area contributed by atoms with Gasteiger partial charge in [-0.2, -0.15) is 9.97 Å². The molecule has 3 aromatic rings. The van der Waals surface area contributed by atoms with Gasteiger partial charge in [0.05, 0.1) is 19.8 Å². The van der Waals surface area contributed by atoms with Gasteiger partial charge in [0.25, 0.3) is 0 Å². The molecule has 0 bridgehead atoms. The first kappa shape index (κ1) is 29.7. The molecule has 1 aromatic heterocycles. The fourth-order valence-electron chi connectivity index (χ4n) is 6.22. The highest BCUT2D eigenvalue weighted by Crippen LogP contribution is 2.37. The van der Waals surface area contributed by atoms with E-state index in [1.165, 1.54) is 25.3 Å². The van der Waals surface area contributed by atoms with Crippen LogP contribution in [0.3, 0.4) is 0 Å². The monoisotopic (exact) mass is 579 g/mol. The lowest BCUT2D eigenvalue weighted by atomic mass is 9.81. The van der Waals surface area contributed by atoms with E-state index in [-0.39, 0.29) is 42.4 Å². The first-order chi connectivity index (χ1) is 20.6. The molecular weight excluding hydrogens is 541 g/mol. The number of fused-ring (bicyclic) bond motifs is 1. The number of alkyl halides is 1. The Morgan fingerprint density at radius 2 is 1.62 bits per heavy atom. The molecule has 0 saturated carbocycles. The number of nitrogens with zero attached hydrogens (tertiary/aromatic N) is 5. The van der Waals surface area contributed by atoms with Crippen LogP contribution in [0.2, 0.25) is 0 Å². The second-order valence-electron chi connectivity index (χ2n) is 10.5. The summed E-state index contributed by atoms with van der Waals surface area (Å²) in [5, 5.41) is 9.58. The number of methoxy groups -OCH3 is 2. The highest BCUT2D eigenvalue weighted by Gasteiger charge is 2.43. The zero-order chi connectivity index (χ0) is 29.5. The smallest absolute Gasteiger partial charge is 0.322 e. The molecule has 1 amide bonds. The van der Waals surface area contributed by atoms with E-state index in [0.717, 1.165) is 0 Å². The van der Waals surface area contributed by atoms with Crippen LogP contribution < -0.4 is 14.2 Å². The molecule has 1 N–H and O–H groups in total. The topological polar surface area (TPSA) is 100 Å². The SMILES string of the molecule is COc1nc(OC)c(CN2C[C@@H]3CN(C(=O)CO)CCN3[C@H](C(c3ccccc3)c3ccccc3)C2)c(OCCF)n1. The highest BCUT2D eigenvalue weighted by atomic mass is 19.1. The second-order valence-corrected chi connectivity index (χ2v) is 10.5. The number of benzene rings is 2. The largest absolute Gasteiger partial charge is 0.481 e. The molecule has 0 unspecified atom stereocenters. The van der Waals surface area contributed by atoms with Gasteiger partial charge in [0.2, 0.25) is 17.7 Å². The fourth-order valence-corrected chi connectivity index (χ4v) is 6.22. The quantitative estimate of drug-likeness (QED) is 0.367. The normalized spacial score (nSPS) is 19.4. The van der Waals surface area contributed by atoms with Gasteiger partial charge in [-0.15, -0.1) is 0 Å². The van der Waals surface area contributed by atoms with Crippen LogP contribution in [-0.2, 0) is 11.3 Å². The van der Waals surface area contributed by atoms with Gasteiger partial charge in [-0.25, -0.2) is 4.39 Å². The zero-order valence-corrected chi connectivity index (χ0v) is 24.1. The minimum atomic E-state index is -0.665. The van der Waals surface area contributed by atoms with Crippen LogP contribution in [0.4, 0.5) is 4.39 Å². The standard InChI is InChI=1S/C31H38FN5O5/c1-40-29-25(30(42-16-13-32)34-31(33-29)41-2)19-35-17-24-18-36(27(39)21-38)14-15-37(24)26(20-35)28(22-9-5-3-6-10-22)23-11-7-4-8-12-23/h3-12,24,26,28,38H,13-21H2,1-2H3/t24-,26+/m1/s1. The number of aliphatic hydroxyl groups is 1. The van der Waals surface area contributed by atoms with Crippen LogP contribution in [0.25, 0.3) is 0 Å². The number of hydrogen-bond acceptors (Lipinski definition) is 9. The molecule has 2 saturated heterocycles. The maximum atomic E-state index is 13.1. The van der Waals surface area contributed by atoms with Crippen molar-refractivity contribution in [2.24, 2.45) is 0 Å². The van der Waals surface area contributed by atoms with Gasteiger partial charge in [0, 0.05) is 57.3 Å². The van der Waals surface area contributed by atoms with Crippen molar-refractivity contribution in [3.63, 3.8) is 0 Å². The van der Waals surface area contributed by atoms with E-state index in [1.54, 1.807) is 4.90 Å². The number of aromatic nitrogens is 2. The lowest BCUT2D eigenvalue weighted by Gasteiger charge is -2.53. The molecule has 2 aliphatic rings. The Labute approximate surface area is 245 Å². The number of ether oxygens (including phenoxy) is 3. The van der Waals surface area contributed by atoms with Gasteiger partial charge in [-0.1, -0.05) is 60.7 Å². The van der Waals surface area contributed by atoms with Gasteiger partial charge in [0.1, 0.15) is 19.9 Å². The average molecular weight is 580 g/mol. The fraction of sp³-hybridized carbons (Fsp3) is 0.452. The molecule has 42 heavy (non-hydrogen) atoms. The van der Waals surface area contributed by atoms with Crippen molar-refractivity contribution in [1.29, 1.82) is 0 Å². The molecule has 11 heteroatoms. The molecule has 3 heterocycles. The summed E-state index contributed by atoms with van der Waals surface area (Å²) >= 11 is 0. The Balaban J connectivity index is 1.54. The number of carbonyl (C=O) groups excluding carboxylic acids is 1. The number of halogens is 1. The Morgan fingerprint density at radius 1 is 0.952 bits per heavy atom. The van der Waals surface area contributed by atoms with Crippen molar-refractivity contribution < 1.29 is 28.5 Å². The van der Waals surface area contributed by atoms with E-state index in [9.17, 15) is 14.3 Å². The van der Waals surface area contributed by atoms with Crippen molar-refractivity contribution in [1.82, 2.24) is 24.7 Å². The van der Waals surface area contributed by atoms with Crippen LogP contribution in [0.15, 0.2) is 60.7 Å². The van der Waals surface area contributed by atoms with E-state index < -0.39 is 13.3 Å². The summed E-state index contributed by atoms with van der Waals surface area (Å²) in [4.78, 5) is 27.8. The van der Waals surface area contributed by atoms with E-state index in [4.69, 9.17) is 14.2 Å². The molecule has 2 fully saturated rings. The van der Waals surface area contributed by atoms with E-state index >= 15 is 0 Å². The minimum absolute atomic E-state index is 0.0169. The third-order valence-corrected chi connectivity index (χ3v) is 8.04. The van der Waals surface area contributed by atoms with Crippen LogP contribution in [-0.4, -0.2) is 115 Å². The summed E-state index contributed by atoms with van der Waals surface area (Å²) in [6, 6.07) is 21.1. The van der Waals surface area contributed by atoms with E-state index in [1.807, 2.05) is 12.1 Å². The third kappa shape index (κ3) is 6.48. The zero-order valence-electron chi connectivity index (χ0n) is 24.1. The van der Waals surface area contributed by atoms with E-state index in [0.29, 0.717) is 50.7 Å². The lowest BCUT2D eigenvalue weighted by Crippen LogP contribution is -2.67. The Morgan fingerprint density at radius 3 is 2.21 bits per heavy atom. The van der Waals surface area contributed by atoms with E-state index in [2.05, 4.69) is 68.3 Å². The molecule has 0 spiro atoms. The maximum Gasteiger partial charge on any atom is 0.322 e. The number of aliphatic hydroxyl groups excluding tert-OH is 1. The molecule has 0 radical (unpaired) electrons. The molecule has 2 aromatic carbocycles. The predicted molar refractivity (Wildman–Crippen MR) is 155 cm³/mol. The summed E-state index contributed by atoms with van der Waals surface area (Å²) in [6.45, 7) is 2.18. The highest BCUT2D eigenvalue weighted by molar-refractivity contribution is 5.77. The molecule has 2 aliphatic heterocycles. The first-order valence-electron chi connectivity index (χ1n) is 14.2. The predicted octanol–water partition coefficient (Wildman–Crippen LogP) is 2.36. The van der Waals surface area contributed by atoms with Crippen LogP contribution in [0.5, 0.6) is 17.8 Å². The second kappa shape index (κ2) is 13.9. The van der Waals surface area contributed by atoms with Gasteiger partial charge in [-0.3, -0.25) is 14.6 Å². The summed E-state index contributed by atoms with van der Waals surface area (Å²) in [5.41, 5.74) is 3.02. The molecule has 224 valence electrons. The summed E-state index contributed by atoms with van der Waals surface area (Å²) in [7, 11) is 2.97. The van der Waals surface area contributed by atoms with Crippen molar-refractivity contribution in [2.45, 2.75) is 24.5 Å². The molecule has 0 aliphatic carbocycles. The maximum absolute atomic E-state index is 13.1. The summed E-state index contributed by atoms with van der Waals surface area (Å²) in [6.07, 6.45) is 0. The number of amides is 1. The van der Waals surface area contributed by atoms with Crippen molar-refractivity contribution in [2.75, 3.05) is 66.8 Å². The summed E-state index contributed by atoms with van der Waals surface area (Å²) in [5.74, 6) is 0.323. The lowest BCUT2D eigenvalue weighted by molar-refractivity contribution is -0.139. The Bertz CT molecular complexity index is 1280. The van der Waals surface area contributed by atoms with Gasteiger partial charge in [0.15, 0.2) is 0 Å². The number of carbonyl (C=O) groups is 1. The van der Waals surface area contributed by atoms with Crippen LogP contribution in [0.1, 0.15) is 22.6 Å². The van der Waals surface area contributed by atoms with Gasteiger partial charge < -0.3 is 24.2 Å². The third-order valence-electron chi connectivity index (χ3n) is 8.04. The molecule has 5 rings (SSSR count). The van der Waals surface area contributed by atoms with Crippen LogP contribution in [0, 0.1) is 0 Å². The first-order valence-corrected chi connectivity index (χ1v) is 14.2. The van der Waals surface area contributed by atoms with Gasteiger partial charge >= 0.3 is 6.01 Å². The van der Waals surface area contributed by atoms with Crippen molar-refractivity contribution in [3.05, 3.63) is 77.4 Å². The number of hydrogen-bond donors (Lipinski definition) is 1. The average Bonchev–Trinajstić information content (AvgIpc) is 3.04. The number of rotatable bonds is 11. The van der Waals surface area contributed by atoms with Crippen molar-refractivity contribution >= 4 is 5.91 Å². The number of piperazine rings is 2. The van der Waals surface area contributed by atoms with Gasteiger partial charge in [-0.05, 0) is 11.1 Å². The summed E-state index contributed by atoms with van der Waals surface area (Å²) < 4.78 is 29.6. The molecule has 10 nitrogen and oxygen atoms in total. The molecule has 2 atom stereocenters. The Hall–Kier alpha value is -3.80. The minimum Gasteiger partial charge on any atom is -0.481 e.